The van der Waals surface area contributed by atoms with Crippen LogP contribution in [0.5, 0.6) is 0 Å². The van der Waals surface area contributed by atoms with Gasteiger partial charge in [-0.2, -0.15) is 0 Å². The molecule has 1 heterocycles. The number of fused-ring (bicyclic) bond motifs is 5. The van der Waals surface area contributed by atoms with Gasteiger partial charge in [-0.05, 0) is 18.1 Å². The molecule has 0 fully saturated rings. The molecule has 3 rings (SSSR count). The number of hydrogen-bond acceptors (Lipinski definition) is 3. The molecule has 2 aliphatic carbocycles. The van der Waals surface area contributed by atoms with E-state index >= 15 is 0 Å². The molecule has 0 saturated heterocycles. The van der Waals surface area contributed by atoms with Gasteiger partial charge in [-0.15, -0.1) is 0 Å². The number of nitrogens with one attached hydrogen (secondary N) is 1. The average Bonchev–Trinajstić information content (AvgIpc) is 2.89. The predicted molar refractivity (Wildman–Crippen MR) is 57.4 cm³/mol. The van der Waals surface area contributed by atoms with Crippen LogP contribution in [0.1, 0.15) is 40.4 Å². The molecule has 1 aromatic rings. The fourth-order valence-electron chi connectivity index (χ4n) is 2.70. The zero-order valence-electron chi connectivity index (χ0n) is 8.93. The summed E-state index contributed by atoms with van der Waals surface area (Å²) in [7, 11) is 0. The topological polar surface area (TPSA) is 62.3 Å². The number of esters is 1. The van der Waals surface area contributed by atoms with E-state index in [-0.39, 0.29) is 17.8 Å². The highest BCUT2D eigenvalue weighted by Crippen LogP contribution is 2.49. The summed E-state index contributed by atoms with van der Waals surface area (Å²) in [4.78, 5) is 14.6. The molecule has 0 radical (unpaired) electrons. The predicted octanol–water partition coefficient (Wildman–Crippen LogP) is 1.30. The summed E-state index contributed by atoms with van der Waals surface area (Å²) in [5, 5.41) is 9.95. The molecule has 4 nitrogen and oxygen atoms in total. The zero-order valence-corrected chi connectivity index (χ0v) is 8.93. The smallest absolute Gasteiger partial charge is 0.355 e. The van der Waals surface area contributed by atoms with Gasteiger partial charge in [-0.1, -0.05) is 12.2 Å². The summed E-state index contributed by atoms with van der Waals surface area (Å²) in [5.74, 6) is -0.345. The molecule has 1 aromatic heterocycles. The Bertz CT molecular complexity index is 475. The van der Waals surface area contributed by atoms with Crippen molar-refractivity contribution in [2.75, 3.05) is 6.61 Å². The van der Waals surface area contributed by atoms with E-state index in [1.54, 1.807) is 13.1 Å². The lowest BCUT2D eigenvalue weighted by atomic mass is 9.99. The van der Waals surface area contributed by atoms with Gasteiger partial charge in [0.25, 0.3) is 0 Å². The molecule has 2 N–H and O–H groups in total. The standard InChI is InChI=1S/C12H13NO3/c1-2-16-12(15)10-9-7-4-3-6(11(7)14)8(9)5-13-10/h3-7,11,13-14H,2H2,1H3/t6-,7+,11+/m1/s1. The highest BCUT2D eigenvalue weighted by molar-refractivity contribution is 5.90. The number of H-pyrrole nitrogens is 1. The highest BCUT2D eigenvalue weighted by Gasteiger charge is 2.44. The molecule has 0 aromatic carbocycles. The van der Waals surface area contributed by atoms with Gasteiger partial charge in [0.15, 0.2) is 0 Å². The van der Waals surface area contributed by atoms with Gasteiger partial charge in [0, 0.05) is 18.0 Å². The Labute approximate surface area is 92.9 Å². The summed E-state index contributed by atoms with van der Waals surface area (Å²) in [6, 6.07) is 0. The molecule has 84 valence electrons. The van der Waals surface area contributed by atoms with Crippen molar-refractivity contribution < 1.29 is 14.6 Å². The SMILES string of the molecule is CCOC(=O)c1[nH]cc2c1[C@@H]1C=C[C@H]2[C@@H]1O. The van der Waals surface area contributed by atoms with Crippen molar-refractivity contribution in [2.45, 2.75) is 24.9 Å². The van der Waals surface area contributed by atoms with Gasteiger partial charge < -0.3 is 14.8 Å². The number of aliphatic hydroxyl groups is 1. The lowest BCUT2D eigenvalue weighted by molar-refractivity contribution is 0.0518. The van der Waals surface area contributed by atoms with Gasteiger partial charge in [-0.3, -0.25) is 0 Å². The van der Waals surface area contributed by atoms with Crippen LogP contribution in [-0.4, -0.2) is 28.8 Å². The largest absolute Gasteiger partial charge is 0.461 e. The first-order chi connectivity index (χ1) is 7.74. The van der Waals surface area contributed by atoms with Crippen molar-refractivity contribution in [3.8, 4) is 0 Å². The number of aromatic nitrogens is 1. The van der Waals surface area contributed by atoms with Crippen LogP contribution in [0.15, 0.2) is 18.3 Å². The van der Waals surface area contributed by atoms with Crippen molar-refractivity contribution in [1.82, 2.24) is 4.98 Å². The van der Waals surface area contributed by atoms with E-state index in [1.807, 2.05) is 12.2 Å². The van der Waals surface area contributed by atoms with Crippen LogP contribution < -0.4 is 0 Å². The van der Waals surface area contributed by atoms with Crippen LogP contribution in [0.3, 0.4) is 0 Å². The van der Waals surface area contributed by atoms with Crippen LogP contribution in [-0.2, 0) is 4.74 Å². The van der Waals surface area contributed by atoms with Crippen molar-refractivity contribution in [3.05, 3.63) is 35.2 Å². The molecule has 3 atom stereocenters. The Morgan fingerprint density at radius 2 is 2.25 bits per heavy atom. The lowest BCUT2D eigenvalue weighted by Crippen LogP contribution is -2.13. The number of aromatic amines is 1. The fourth-order valence-corrected chi connectivity index (χ4v) is 2.70. The van der Waals surface area contributed by atoms with Crippen LogP contribution in [0.25, 0.3) is 0 Å². The van der Waals surface area contributed by atoms with Crippen molar-refractivity contribution >= 4 is 5.97 Å². The Morgan fingerprint density at radius 1 is 1.50 bits per heavy atom. The maximum Gasteiger partial charge on any atom is 0.355 e. The van der Waals surface area contributed by atoms with Gasteiger partial charge in [0.05, 0.1) is 12.7 Å². The van der Waals surface area contributed by atoms with Crippen LogP contribution >= 0.6 is 0 Å². The zero-order chi connectivity index (χ0) is 11.3. The molecular weight excluding hydrogens is 206 g/mol. The Morgan fingerprint density at radius 3 is 3.00 bits per heavy atom. The third kappa shape index (κ3) is 1.05. The second-order valence-corrected chi connectivity index (χ2v) is 4.18. The number of carbonyl (C=O) groups is 1. The van der Waals surface area contributed by atoms with Crippen molar-refractivity contribution in [1.29, 1.82) is 0 Å². The van der Waals surface area contributed by atoms with Crippen molar-refractivity contribution in [3.63, 3.8) is 0 Å². The van der Waals surface area contributed by atoms with Crippen LogP contribution in [0.2, 0.25) is 0 Å². The van der Waals surface area contributed by atoms with E-state index in [2.05, 4.69) is 4.98 Å². The minimum absolute atomic E-state index is 0.0411. The van der Waals surface area contributed by atoms with Gasteiger partial charge in [-0.25, -0.2) is 4.79 Å². The molecule has 2 bridgehead atoms. The van der Waals surface area contributed by atoms with E-state index in [0.29, 0.717) is 12.3 Å². The summed E-state index contributed by atoms with van der Waals surface area (Å²) >= 11 is 0. The molecule has 0 saturated carbocycles. The monoisotopic (exact) mass is 219 g/mol. The van der Waals surface area contributed by atoms with Crippen LogP contribution in [0.4, 0.5) is 0 Å². The quantitative estimate of drug-likeness (QED) is 0.582. The maximum atomic E-state index is 11.7. The summed E-state index contributed by atoms with van der Waals surface area (Å²) in [5.41, 5.74) is 2.44. The fraction of sp³-hybridized carbons (Fsp3) is 0.417. The Hall–Kier alpha value is -1.55. The number of carbonyl (C=O) groups excluding carboxylic acids is 1. The molecule has 0 amide bonds. The highest BCUT2D eigenvalue weighted by atomic mass is 16.5. The molecular formula is C12H13NO3. The molecule has 0 unspecified atom stereocenters. The maximum absolute atomic E-state index is 11.7. The molecule has 16 heavy (non-hydrogen) atoms. The van der Waals surface area contributed by atoms with Gasteiger partial charge in [0.2, 0.25) is 0 Å². The van der Waals surface area contributed by atoms with E-state index in [0.717, 1.165) is 11.1 Å². The first-order valence-electron chi connectivity index (χ1n) is 5.48. The minimum Gasteiger partial charge on any atom is -0.461 e. The summed E-state index contributed by atoms with van der Waals surface area (Å²) in [6.07, 6.45) is 5.36. The molecule has 4 heteroatoms. The summed E-state index contributed by atoms with van der Waals surface area (Å²) in [6.45, 7) is 2.14. The normalized spacial score (nSPS) is 29.5. The third-order valence-electron chi connectivity index (χ3n) is 3.39. The van der Waals surface area contributed by atoms with Gasteiger partial charge >= 0.3 is 5.97 Å². The van der Waals surface area contributed by atoms with E-state index < -0.39 is 6.10 Å². The second-order valence-electron chi connectivity index (χ2n) is 4.18. The van der Waals surface area contributed by atoms with E-state index in [9.17, 15) is 9.90 Å². The lowest BCUT2D eigenvalue weighted by Gasteiger charge is -2.09. The molecule has 0 spiro atoms. The third-order valence-corrected chi connectivity index (χ3v) is 3.39. The Balaban J connectivity index is 2.02. The second kappa shape index (κ2) is 3.22. The van der Waals surface area contributed by atoms with E-state index in [4.69, 9.17) is 4.74 Å². The van der Waals surface area contributed by atoms with Crippen LogP contribution in [0, 0.1) is 0 Å². The minimum atomic E-state index is -0.409. The first kappa shape index (κ1) is 9.66. The van der Waals surface area contributed by atoms with Crippen molar-refractivity contribution in [2.24, 2.45) is 0 Å². The Kier molecular flexibility index (Phi) is 1.94. The number of rotatable bonds is 2. The van der Waals surface area contributed by atoms with Gasteiger partial charge in [0.1, 0.15) is 5.69 Å². The summed E-state index contributed by atoms with van der Waals surface area (Å²) < 4.78 is 4.98. The number of ether oxygens (including phenoxy) is 1. The van der Waals surface area contributed by atoms with E-state index in [1.165, 1.54) is 0 Å². The number of hydrogen-bond donors (Lipinski definition) is 2. The first-order valence-corrected chi connectivity index (χ1v) is 5.48. The number of aliphatic hydroxyl groups excluding tert-OH is 1. The molecule has 0 aliphatic heterocycles. The average molecular weight is 219 g/mol. The molecule has 2 aliphatic rings.